The molecule has 0 aliphatic carbocycles. The summed E-state index contributed by atoms with van der Waals surface area (Å²) in [5.41, 5.74) is 1.71. The third kappa shape index (κ3) is 5.78. The monoisotopic (exact) mass is 424 g/mol. The van der Waals surface area contributed by atoms with Crippen molar-refractivity contribution < 1.29 is 19.1 Å². The summed E-state index contributed by atoms with van der Waals surface area (Å²) in [6.07, 6.45) is 0.851. The van der Waals surface area contributed by atoms with Crippen LogP contribution in [0.3, 0.4) is 0 Å². The molecule has 1 heterocycles. The molecule has 0 spiro atoms. The molecule has 166 valence electrons. The van der Waals surface area contributed by atoms with Gasteiger partial charge in [-0.05, 0) is 55.5 Å². The number of ether oxygens (including phenoxy) is 2. The minimum absolute atomic E-state index is 0.00864. The van der Waals surface area contributed by atoms with Crippen LogP contribution < -0.4 is 14.8 Å². The zero-order valence-corrected chi connectivity index (χ0v) is 18.8. The highest BCUT2D eigenvalue weighted by Gasteiger charge is 2.26. The number of amides is 2. The molecule has 6 nitrogen and oxygen atoms in total. The number of rotatable bonds is 7. The van der Waals surface area contributed by atoms with Crippen molar-refractivity contribution in [1.82, 2.24) is 10.2 Å². The van der Waals surface area contributed by atoms with Crippen molar-refractivity contribution in [2.45, 2.75) is 51.7 Å². The molecule has 1 atom stereocenters. The molecule has 0 aromatic heterocycles. The second-order valence-electron chi connectivity index (χ2n) is 8.26. The maximum absolute atomic E-state index is 12.8. The molecule has 1 N–H and O–H groups in total. The number of hydrogen-bond donors (Lipinski definition) is 1. The zero-order chi connectivity index (χ0) is 22.4. The Labute approximate surface area is 184 Å². The molecule has 1 aliphatic rings. The van der Waals surface area contributed by atoms with E-state index in [0.717, 1.165) is 24.2 Å². The van der Waals surface area contributed by atoms with Crippen LogP contribution in [0, 0.1) is 0 Å². The molecule has 1 unspecified atom stereocenters. The molecule has 1 saturated heterocycles. The molecule has 0 saturated carbocycles. The first kappa shape index (κ1) is 22.7. The maximum Gasteiger partial charge on any atom is 0.260 e. The normalized spacial score (nSPS) is 15.5. The van der Waals surface area contributed by atoms with Crippen LogP contribution in [0.4, 0.5) is 0 Å². The highest BCUT2D eigenvalue weighted by Crippen LogP contribution is 2.27. The fourth-order valence-electron chi connectivity index (χ4n) is 3.79. The van der Waals surface area contributed by atoms with Crippen LogP contribution in [0.1, 0.15) is 55.5 Å². The van der Waals surface area contributed by atoms with E-state index in [1.807, 2.05) is 41.3 Å². The molecule has 2 amide bonds. The van der Waals surface area contributed by atoms with Crippen molar-refractivity contribution in [1.29, 1.82) is 0 Å². The Bertz CT molecular complexity index is 904. The average Bonchev–Trinajstić information content (AvgIpc) is 2.79. The second-order valence-corrected chi connectivity index (χ2v) is 8.26. The molecule has 2 aromatic carbocycles. The predicted octanol–water partition coefficient (Wildman–Crippen LogP) is 4.01. The number of likely N-dealkylation sites (tertiary alicyclic amines) is 1. The van der Waals surface area contributed by atoms with Gasteiger partial charge in [0.05, 0.1) is 7.11 Å². The van der Waals surface area contributed by atoms with Gasteiger partial charge in [0.1, 0.15) is 11.5 Å². The van der Waals surface area contributed by atoms with Gasteiger partial charge in [0, 0.05) is 24.7 Å². The minimum atomic E-state index is -0.587. The SMILES string of the molecule is COc1cccc(C(=O)N2CCC(NC(=O)C(C)Oc3ccccc3C(C)C)CC2)c1. The molecule has 31 heavy (non-hydrogen) atoms. The van der Waals surface area contributed by atoms with Crippen molar-refractivity contribution in [2.75, 3.05) is 20.2 Å². The Morgan fingerprint density at radius 3 is 2.42 bits per heavy atom. The summed E-state index contributed by atoms with van der Waals surface area (Å²) in [5.74, 6) is 1.60. The number of nitrogens with zero attached hydrogens (tertiary/aromatic N) is 1. The highest BCUT2D eigenvalue weighted by molar-refractivity contribution is 5.94. The lowest BCUT2D eigenvalue weighted by atomic mass is 10.0. The number of nitrogens with one attached hydrogen (secondary N) is 1. The van der Waals surface area contributed by atoms with Crippen molar-refractivity contribution in [3.05, 3.63) is 59.7 Å². The molecule has 0 radical (unpaired) electrons. The molecular weight excluding hydrogens is 392 g/mol. The van der Waals surface area contributed by atoms with Crippen LogP contribution >= 0.6 is 0 Å². The summed E-state index contributed by atoms with van der Waals surface area (Å²) in [6, 6.07) is 15.1. The van der Waals surface area contributed by atoms with Crippen LogP contribution in [0.2, 0.25) is 0 Å². The van der Waals surface area contributed by atoms with Gasteiger partial charge in [0.15, 0.2) is 6.10 Å². The number of carbonyl (C=O) groups is 2. The summed E-state index contributed by atoms with van der Waals surface area (Å²) in [5, 5.41) is 3.08. The molecule has 3 rings (SSSR count). The topological polar surface area (TPSA) is 67.9 Å². The van der Waals surface area contributed by atoms with E-state index in [0.29, 0.717) is 30.3 Å². The van der Waals surface area contributed by atoms with E-state index in [4.69, 9.17) is 9.47 Å². The Kier molecular flexibility index (Phi) is 7.55. The lowest BCUT2D eigenvalue weighted by Crippen LogP contribution is -2.49. The fraction of sp³-hybridized carbons (Fsp3) is 0.440. The summed E-state index contributed by atoms with van der Waals surface area (Å²) in [6.45, 7) is 7.19. The Hall–Kier alpha value is -3.02. The Morgan fingerprint density at radius 1 is 1.03 bits per heavy atom. The van der Waals surface area contributed by atoms with Gasteiger partial charge in [0.2, 0.25) is 0 Å². The van der Waals surface area contributed by atoms with Gasteiger partial charge in [0.25, 0.3) is 11.8 Å². The minimum Gasteiger partial charge on any atom is -0.497 e. The molecule has 1 fully saturated rings. The van der Waals surface area contributed by atoms with E-state index in [2.05, 4.69) is 19.2 Å². The third-order valence-corrected chi connectivity index (χ3v) is 5.66. The van der Waals surface area contributed by atoms with Crippen LogP contribution in [-0.2, 0) is 4.79 Å². The van der Waals surface area contributed by atoms with E-state index in [9.17, 15) is 9.59 Å². The summed E-state index contributed by atoms with van der Waals surface area (Å²) in [4.78, 5) is 27.3. The number of carbonyl (C=O) groups excluding carboxylic acids is 2. The van der Waals surface area contributed by atoms with Crippen molar-refractivity contribution in [3.8, 4) is 11.5 Å². The highest BCUT2D eigenvalue weighted by atomic mass is 16.5. The molecular formula is C25H32N2O4. The molecule has 0 bridgehead atoms. The predicted molar refractivity (Wildman–Crippen MR) is 121 cm³/mol. The summed E-state index contributed by atoms with van der Waals surface area (Å²) >= 11 is 0. The third-order valence-electron chi connectivity index (χ3n) is 5.66. The van der Waals surface area contributed by atoms with Gasteiger partial charge < -0.3 is 19.7 Å². The quantitative estimate of drug-likeness (QED) is 0.729. The van der Waals surface area contributed by atoms with Gasteiger partial charge >= 0.3 is 0 Å². The van der Waals surface area contributed by atoms with Gasteiger partial charge in [-0.3, -0.25) is 9.59 Å². The first-order valence-electron chi connectivity index (χ1n) is 10.9. The van der Waals surface area contributed by atoms with E-state index < -0.39 is 6.10 Å². The molecule has 2 aromatic rings. The smallest absolute Gasteiger partial charge is 0.260 e. The van der Waals surface area contributed by atoms with E-state index in [-0.39, 0.29) is 17.9 Å². The Balaban J connectivity index is 1.51. The van der Waals surface area contributed by atoms with Crippen LogP contribution in [0.15, 0.2) is 48.5 Å². The largest absolute Gasteiger partial charge is 0.497 e. The fourth-order valence-corrected chi connectivity index (χ4v) is 3.79. The average molecular weight is 425 g/mol. The van der Waals surface area contributed by atoms with E-state index in [1.165, 1.54) is 0 Å². The number of hydrogen-bond acceptors (Lipinski definition) is 4. The first-order chi connectivity index (χ1) is 14.9. The first-order valence-corrected chi connectivity index (χ1v) is 10.9. The summed E-state index contributed by atoms with van der Waals surface area (Å²) < 4.78 is 11.2. The van der Waals surface area contributed by atoms with Gasteiger partial charge in [-0.15, -0.1) is 0 Å². The van der Waals surface area contributed by atoms with Crippen molar-refractivity contribution in [2.24, 2.45) is 0 Å². The zero-order valence-electron chi connectivity index (χ0n) is 18.8. The summed E-state index contributed by atoms with van der Waals surface area (Å²) in [7, 11) is 1.59. The Morgan fingerprint density at radius 2 is 1.74 bits per heavy atom. The second kappa shape index (κ2) is 10.3. The van der Waals surface area contributed by atoms with Crippen LogP contribution in [-0.4, -0.2) is 49.1 Å². The molecule has 1 aliphatic heterocycles. The maximum atomic E-state index is 12.8. The number of methoxy groups -OCH3 is 1. The van der Waals surface area contributed by atoms with Crippen molar-refractivity contribution in [3.63, 3.8) is 0 Å². The van der Waals surface area contributed by atoms with Gasteiger partial charge in [-0.2, -0.15) is 0 Å². The van der Waals surface area contributed by atoms with Crippen LogP contribution in [0.25, 0.3) is 0 Å². The van der Waals surface area contributed by atoms with E-state index in [1.54, 1.807) is 26.2 Å². The lowest BCUT2D eigenvalue weighted by molar-refractivity contribution is -0.128. The number of piperidine rings is 1. The molecule has 6 heteroatoms. The van der Waals surface area contributed by atoms with E-state index >= 15 is 0 Å². The van der Waals surface area contributed by atoms with Crippen molar-refractivity contribution >= 4 is 11.8 Å². The van der Waals surface area contributed by atoms with Crippen LogP contribution in [0.5, 0.6) is 11.5 Å². The van der Waals surface area contributed by atoms with Gasteiger partial charge in [-0.25, -0.2) is 0 Å². The number of para-hydroxylation sites is 1. The van der Waals surface area contributed by atoms with Gasteiger partial charge in [-0.1, -0.05) is 38.1 Å². The standard InChI is InChI=1S/C25H32N2O4/c1-17(2)22-10-5-6-11-23(22)31-18(3)24(28)26-20-12-14-27(15-13-20)25(29)19-8-7-9-21(16-19)30-4/h5-11,16-18,20H,12-15H2,1-4H3,(H,26,28). The number of benzene rings is 2. The lowest BCUT2D eigenvalue weighted by Gasteiger charge is -2.33.